The summed E-state index contributed by atoms with van der Waals surface area (Å²) in [6, 6.07) is 4.38. The molecule has 0 fully saturated rings. The average Bonchev–Trinajstić information content (AvgIpc) is 2.28. The standard InChI is InChI=1S/C12H17NO5S/c1-9-8-10(19(13,16)17)5-6-11(9)18-7-3-2-4-12(14)15/h5-6,8H,2-4,7H2,1H3,(H,14,15)(H2,13,16,17). The van der Waals surface area contributed by atoms with Crippen LogP contribution in [0, 0.1) is 6.92 Å². The van der Waals surface area contributed by atoms with Gasteiger partial charge in [0.05, 0.1) is 11.5 Å². The van der Waals surface area contributed by atoms with Gasteiger partial charge in [-0.2, -0.15) is 0 Å². The van der Waals surface area contributed by atoms with E-state index in [-0.39, 0.29) is 11.3 Å². The maximum atomic E-state index is 11.1. The van der Waals surface area contributed by atoms with Gasteiger partial charge in [-0.3, -0.25) is 4.79 Å². The van der Waals surface area contributed by atoms with E-state index in [1.165, 1.54) is 12.1 Å². The van der Waals surface area contributed by atoms with Crippen molar-refractivity contribution in [3.05, 3.63) is 23.8 Å². The van der Waals surface area contributed by atoms with Crippen LogP contribution in [0.2, 0.25) is 0 Å². The minimum atomic E-state index is -3.70. The molecular formula is C12H17NO5S. The van der Waals surface area contributed by atoms with Crippen molar-refractivity contribution in [1.29, 1.82) is 0 Å². The smallest absolute Gasteiger partial charge is 0.303 e. The molecule has 19 heavy (non-hydrogen) atoms. The number of carboxylic acids is 1. The van der Waals surface area contributed by atoms with Gasteiger partial charge in [0, 0.05) is 6.42 Å². The number of primary sulfonamides is 1. The van der Waals surface area contributed by atoms with Gasteiger partial charge >= 0.3 is 5.97 Å². The molecular weight excluding hydrogens is 270 g/mol. The van der Waals surface area contributed by atoms with Crippen molar-refractivity contribution in [1.82, 2.24) is 0 Å². The third-order valence-corrected chi connectivity index (χ3v) is 3.43. The van der Waals surface area contributed by atoms with E-state index in [2.05, 4.69) is 0 Å². The molecule has 0 aliphatic heterocycles. The number of aliphatic carboxylic acids is 1. The molecule has 0 heterocycles. The van der Waals surface area contributed by atoms with Crippen LogP contribution in [0.15, 0.2) is 23.1 Å². The lowest BCUT2D eigenvalue weighted by molar-refractivity contribution is -0.137. The summed E-state index contributed by atoms with van der Waals surface area (Å²) in [5.41, 5.74) is 0.671. The van der Waals surface area contributed by atoms with Crippen LogP contribution in [-0.2, 0) is 14.8 Å². The third-order valence-electron chi connectivity index (χ3n) is 2.52. The molecule has 0 aromatic heterocycles. The summed E-state index contributed by atoms with van der Waals surface area (Å²) >= 11 is 0. The van der Waals surface area contributed by atoms with Gasteiger partial charge in [-0.15, -0.1) is 0 Å². The van der Waals surface area contributed by atoms with Crippen molar-refractivity contribution in [3.63, 3.8) is 0 Å². The molecule has 106 valence electrons. The van der Waals surface area contributed by atoms with Crippen LogP contribution < -0.4 is 9.88 Å². The van der Waals surface area contributed by atoms with Gasteiger partial charge in [0.25, 0.3) is 0 Å². The zero-order chi connectivity index (χ0) is 14.5. The fourth-order valence-electron chi connectivity index (χ4n) is 1.52. The minimum absolute atomic E-state index is 0.0447. The Morgan fingerprint density at radius 1 is 1.37 bits per heavy atom. The van der Waals surface area contributed by atoms with Gasteiger partial charge in [-0.25, -0.2) is 13.6 Å². The highest BCUT2D eigenvalue weighted by Gasteiger charge is 2.10. The van der Waals surface area contributed by atoms with Crippen LogP contribution in [-0.4, -0.2) is 26.1 Å². The highest BCUT2D eigenvalue weighted by Crippen LogP contribution is 2.21. The van der Waals surface area contributed by atoms with E-state index >= 15 is 0 Å². The predicted molar refractivity (Wildman–Crippen MR) is 69.5 cm³/mol. The molecule has 0 aliphatic carbocycles. The molecule has 0 aliphatic rings. The molecule has 1 aromatic rings. The Balaban J connectivity index is 2.54. The summed E-state index contributed by atoms with van der Waals surface area (Å²) in [5, 5.41) is 13.5. The van der Waals surface area contributed by atoms with E-state index in [9.17, 15) is 13.2 Å². The molecule has 0 unspecified atom stereocenters. The Kier molecular flexibility index (Phi) is 5.31. The Morgan fingerprint density at radius 3 is 2.58 bits per heavy atom. The second-order valence-corrected chi connectivity index (χ2v) is 5.73. The number of aryl methyl sites for hydroxylation is 1. The number of ether oxygens (including phenoxy) is 1. The van der Waals surface area contributed by atoms with Crippen LogP contribution in [0.5, 0.6) is 5.75 Å². The normalized spacial score (nSPS) is 11.3. The Labute approximate surface area is 112 Å². The number of hydrogen-bond donors (Lipinski definition) is 2. The summed E-state index contributed by atoms with van der Waals surface area (Å²) in [7, 11) is -3.70. The number of hydrogen-bond acceptors (Lipinski definition) is 4. The Hall–Kier alpha value is -1.60. The molecule has 7 heteroatoms. The summed E-state index contributed by atoms with van der Waals surface area (Å²) in [6.07, 6.45) is 1.29. The first-order chi connectivity index (χ1) is 8.80. The number of benzene rings is 1. The number of unbranched alkanes of at least 4 members (excludes halogenated alkanes) is 1. The molecule has 1 aromatic carbocycles. The maximum Gasteiger partial charge on any atom is 0.303 e. The number of rotatable bonds is 7. The quantitative estimate of drug-likeness (QED) is 0.734. The zero-order valence-electron chi connectivity index (χ0n) is 10.6. The molecule has 0 bridgehead atoms. The topological polar surface area (TPSA) is 107 Å². The van der Waals surface area contributed by atoms with Gasteiger partial charge in [-0.05, 0) is 43.5 Å². The zero-order valence-corrected chi connectivity index (χ0v) is 11.4. The van der Waals surface area contributed by atoms with Gasteiger partial charge in [0.2, 0.25) is 10.0 Å². The SMILES string of the molecule is Cc1cc(S(N)(=O)=O)ccc1OCCCCC(=O)O. The second-order valence-electron chi connectivity index (χ2n) is 4.17. The summed E-state index contributed by atoms with van der Waals surface area (Å²) in [4.78, 5) is 10.4. The first-order valence-electron chi connectivity index (χ1n) is 5.79. The highest BCUT2D eigenvalue weighted by molar-refractivity contribution is 7.89. The first-order valence-corrected chi connectivity index (χ1v) is 7.33. The van der Waals surface area contributed by atoms with Crippen molar-refractivity contribution < 1.29 is 23.1 Å². The maximum absolute atomic E-state index is 11.1. The highest BCUT2D eigenvalue weighted by atomic mass is 32.2. The third kappa shape index (κ3) is 5.27. The van der Waals surface area contributed by atoms with E-state index in [1.807, 2.05) is 0 Å². The first kappa shape index (κ1) is 15.5. The number of sulfonamides is 1. The molecule has 0 radical (unpaired) electrons. The van der Waals surface area contributed by atoms with E-state index in [4.69, 9.17) is 15.0 Å². The Morgan fingerprint density at radius 2 is 2.05 bits per heavy atom. The van der Waals surface area contributed by atoms with Gasteiger partial charge in [0.1, 0.15) is 5.75 Å². The molecule has 1 rings (SSSR count). The molecule has 0 saturated heterocycles. The van der Waals surface area contributed by atoms with Crippen LogP contribution in [0.4, 0.5) is 0 Å². The van der Waals surface area contributed by atoms with Gasteiger partial charge in [-0.1, -0.05) is 0 Å². The molecule has 6 nitrogen and oxygen atoms in total. The van der Waals surface area contributed by atoms with E-state index in [0.717, 1.165) is 0 Å². The Bertz CT molecular complexity index is 553. The molecule has 0 amide bonds. The monoisotopic (exact) mass is 287 g/mol. The van der Waals surface area contributed by atoms with Crippen LogP contribution in [0.1, 0.15) is 24.8 Å². The van der Waals surface area contributed by atoms with Crippen molar-refractivity contribution >= 4 is 16.0 Å². The van der Waals surface area contributed by atoms with E-state index in [0.29, 0.717) is 30.8 Å². The lowest BCUT2D eigenvalue weighted by Gasteiger charge is -2.09. The average molecular weight is 287 g/mol. The fraction of sp³-hybridized carbons (Fsp3) is 0.417. The van der Waals surface area contributed by atoms with Crippen molar-refractivity contribution in [2.24, 2.45) is 5.14 Å². The molecule has 3 N–H and O–H groups in total. The van der Waals surface area contributed by atoms with E-state index in [1.54, 1.807) is 13.0 Å². The largest absolute Gasteiger partial charge is 0.493 e. The molecule has 0 saturated carbocycles. The molecule has 0 spiro atoms. The minimum Gasteiger partial charge on any atom is -0.493 e. The molecule has 0 atom stereocenters. The second kappa shape index (κ2) is 6.53. The number of nitrogens with two attached hydrogens (primary N) is 1. The number of carboxylic acid groups (broad SMARTS) is 1. The van der Waals surface area contributed by atoms with Gasteiger partial charge < -0.3 is 9.84 Å². The van der Waals surface area contributed by atoms with Crippen LogP contribution in [0.3, 0.4) is 0 Å². The summed E-state index contributed by atoms with van der Waals surface area (Å²) in [5.74, 6) is -0.253. The number of carbonyl (C=O) groups is 1. The lowest BCUT2D eigenvalue weighted by atomic mass is 10.2. The fourth-order valence-corrected chi connectivity index (χ4v) is 2.12. The van der Waals surface area contributed by atoms with Crippen LogP contribution >= 0.6 is 0 Å². The summed E-state index contributed by atoms with van der Waals surface area (Å²) in [6.45, 7) is 2.12. The van der Waals surface area contributed by atoms with Crippen molar-refractivity contribution in [2.75, 3.05) is 6.61 Å². The van der Waals surface area contributed by atoms with Crippen molar-refractivity contribution in [3.8, 4) is 5.75 Å². The predicted octanol–water partition coefficient (Wildman–Crippen LogP) is 1.28. The van der Waals surface area contributed by atoms with Crippen molar-refractivity contribution in [2.45, 2.75) is 31.1 Å². The summed E-state index contributed by atoms with van der Waals surface area (Å²) < 4.78 is 27.7. The van der Waals surface area contributed by atoms with Crippen LogP contribution in [0.25, 0.3) is 0 Å². The lowest BCUT2D eigenvalue weighted by Crippen LogP contribution is -2.12. The van der Waals surface area contributed by atoms with E-state index < -0.39 is 16.0 Å². The van der Waals surface area contributed by atoms with Gasteiger partial charge in [0.15, 0.2) is 0 Å².